The van der Waals surface area contributed by atoms with Crippen LogP contribution < -0.4 is 5.73 Å². The Hall–Kier alpha value is -2.36. The van der Waals surface area contributed by atoms with Crippen LogP contribution in [0.15, 0.2) is 42.5 Å². The van der Waals surface area contributed by atoms with Crippen LogP contribution >= 0.6 is 0 Å². The van der Waals surface area contributed by atoms with Gasteiger partial charge in [-0.15, -0.1) is 0 Å². The van der Waals surface area contributed by atoms with Gasteiger partial charge in [0.15, 0.2) is 5.82 Å². The number of carboxylic acid groups (broad SMARTS) is 1. The fraction of sp³-hybridized carbons (Fsp3) is 0. The van der Waals surface area contributed by atoms with Crippen molar-refractivity contribution in [2.24, 2.45) is 0 Å². The lowest BCUT2D eigenvalue weighted by Crippen LogP contribution is -2.04. The van der Waals surface area contributed by atoms with Gasteiger partial charge in [0.1, 0.15) is 0 Å². The quantitative estimate of drug-likeness (QED) is 0.781. The second kappa shape index (κ2) is 4.25. The molecule has 0 aliphatic carbocycles. The van der Waals surface area contributed by atoms with E-state index in [0.29, 0.717) is 5.56 Å². The summed E-state index contributed by atoms with van der Waals surface area (Å²) < 4.78 is 13.9. The number of anilines is 1. The molecular weight excluding hydrogens is 221 g/mol. The Bertz CT molecular complexity index is 567. The first-order valence-electron chi connectivity index (χ1n) is 4.98. The summed E-state index contributed by atoms with van der Waals surface area (Å²) in [7, 11) is 0. The van der Waals surface area contributed by atoms with E-state index in [2.05, 4.69) is 0 Å². The first kappa shape index (κ1) is 11.1. The van der Waals surface area contributed by atoms with Crippen molar-refractivity contribution in [1.29, 1.82) is 0 Å². The smallest absolute Gasteiger partial charge is 0.336 e. The summed E-state index contributed by atoms with van der Waals surface area (Å²) >= 11 is 0. The van der Waals surface area contributed by atoms with E-state index in [1.54, 1.807) is 30.3 Å². The topological polar surface area (TPSA) is 63.3 Å². The van der Waals surface area contributed by atoms with Crippen LogP contribution in [0, 0.1) is 5.82 Å². The lowest BCUT2D eigenvalue weighted by Gasteiger charge is -2.09. The van der Waals surface area contributed by atoms with Gasteiger partial charge in [-0.2, -0.15) is 0 Å². The van der Waals surface area contributed by atoms with Gasteiger partial charge in [0.25, 0.3) is 0 Å². The van der Waals surface area contributed by atoms with Crippen LogP contribution in [0.5, 0.6) is 0 Å². The van der Waals surface area contributed by atoms with Crippen molar-refractivity contribution in [2.45, 2.75) is 0 Å². The molecule has 0 amide bonds. The second-order valence-electron chi connectivity index (χ2n) is 3.56. The molecule has 0 heterocycles. The van der Waals surface area contributed by atoms with E-state index in [4.69, 9.17) is 10.8 Å². The monoisotopic (exact) mass is 231 g/mol. The minimum Gasteiger partial charge on any atom is -0.478 e. The summed E-state index contributed by atoms with van der Waals surface area (Å²) in [5.41, 5.74) is 5.82. The molecule has 0 aromatic heterocycles. The number of halogens is 1. The largest absolute Gasteiger partial charge is 0.478 e. The van der Waals surface area contributed by atoms with Gasteiger partial charge in [0.05, 0.1) is 11.3 Å². The van der Waals surface area contributed by atoms with Crippen molar-refractivity contribution >= 4 is 11.7 Å². The number of carbonyl (C=O) groups is 1. The Morgan fingerprint density at radius 2 is 1.76 bits per heavy atom. The van der Waals surface area contributed by atoms with Crippen molar-refractivity contribution in [2.75, 3.05) is 5.73 Å². The summed E-state index contributed by atoms with van der Waals surface area (Å²) in [5.74, 6) is -1.88. The van der Waals surface area contributed by atoms with Gasteiger partial charge in [-0.25, -0.2) is 9.18 Å². The highest BCUT2D eigenvalue weighted by Crippen LogP contribution is 2.30. The Labute approximate surface area is 97.3 Å². The minimum atomic E-state index is -1.18. The molecule has 2 aromatic rings. The fourth-order valence-electron chi connectivity index (χ4n) is 1.66. The van der Waals surface area contributed by atoms with Crippen molar-refractivity contribution in [3.63, 3.8) is 0 Å². The normalized spacial score (nSPS) is 10.2. The Balaban J connectivity index is 2.74. The summed E-state index contributed by atoms with van der Waals surface area (Å²) in [6.45, 7) is 0. The third-order valence-corrected chi connectivity index (χ3v) is 2.46. The van der Waals surface area contributed by atoms with Gasteiger partial charge >= 0.3 is 5.97 Å². The van der Waals surface area contributed by atoms with Crippen LogP contribution in [-0.2, 0) is 0 Å². The first-order chi connectivity index (χ1) is 8.11. The number of rotatable bonds is 2. The number of hydrogen-bond donors (Lipinski definition) is 2. The highest BCUT2D eigenvalue weighted by molar-refractivity contribution is 5.97. The number of benzene rings is 2. The number of nitrogens with two attached hydrogens (primary N) is 1. The van der Waals surface area contributed by atoms with E-state index in [1.165, 1.54) is 12.1 Å². The zero-order valence-corrected chi connectivity index (χ0v) is 8.85. The van der Waals surface area contributed by atoms with Gasteiger partial charge in [-0.3, -0.25) is 0 Å². The van der Waals surface area contributed by atoms with Gasteiger partial charge in [-0.1, -0.05) is 30.3 Å². The molecule has 0 bridgehead atoms. The van der Waals surface area contributed by atoms with Crippen LogP contribution in [0.2, 0.25) is 0 Å². The van der Waals surface area contributed by atoms with Gasteiger partial charge in [0, 0.05) is 5.56 Å². The maximum Gasteiger partial charge on any atom is 0.336 e. The van der Waals surface area contributed by atoms with Crippen LogP contribution in [0.1, 0.15) is 10.4 Å². The first-order valence-corrected chi connectivity index (χ1v) is 4.98. The van der Waals surface area contributed by atoms with Crippen molar-refractivity contribution < 1.29 is 14.3 Å². The fourth-order valence-corrected chi connectivity index (χ4v) is 1.66. The van der Waals surface area contributed by atoms with Gasteiger partial charge < -0.3 is 10.8 Å². The van der Waals surface area contributed by atoms with Crippen LogP contribution in [-0.4, -0.2) is 11.1 Å². The molecule has 0 radical (unpaired) electrons. The molecule has 0 saturated heterocycles. The van der Waals surface area contributed by atoms with E-state index in [0.717, 1.165) is 0 Å². The lowest BCUT2D eigenvalue weighted by atomic mass is 9.98. The average Bonchev–Trinajstić information content (AvgIpc) is 2.33. The van der Waals surface area contributed by atoms with Crippen LogP contribution in [0.3, 0.4) is 0 Å². The minimum absolute atomic E-state index is 0.0260. The number of aromatic carboxylic acids is 1. The molecule has 2 rings (SSSR count). The summed E-state index contributed by atoms with van der Waals surface area (Å²) in [6, 6.07) is 11.0. The zero-order chi connectivity index (χ0) is 12.4. The van der Waals surface area contributed by atoms with E-state index < -0.39 is 11.8 Å². The maximum absolute atomic E-state index is 13.9. The number of nitrogen functional groups attached to an aromatic ring is 1. The molecule has 4 heteroatoms. The van der Waals surface area contributed by atoms with Crippen molar-refractivity contribution in [3.8, 4) is 11.1 Å². The van der Waals surface area contributed by atoms with Gasteiger partial charge in [0.2, 0.25) is 0 Å². The number of hydrogen-bond acceptors (Lipinski definition) is 2. The van der Waals surface area contributed by atoms with E-state index in [-0.39, 0.29) is 16.8 Å². The van der Waals surface area contributed by atoms with E-state index in [1.807, 2.05) is 0 Å². The molecule has 0 aliphatic heterocycles. The predicted molar refractivity (Wildman–Crippen MR) is 63.2 cm³/mol. The molecule has 0 aliphatic rings. The molecule has 17 heavy (non-hydrogen) atoms. The van der Waals surface area contributed by atoms with Gasteiger partial charge in [-0.05, 0) is 17.7 Å². The highest BCUT2D eigenvalue weighted by atomic mass is 19.1. The van der Waals surface area contributed by atoms with E-state index >= 15 is 0 Å². The molecule has 86 valence electrons. The molecule has 3 N–H and O–H groups in total. The van der Waals surface area contributed by atoms with Crippen molar-refractivity contribution in [1.82, 2.24) is 0 Å². The Kier molecular flexibility index (Phi) is 2.78. The Morgan fingerprint density at radius 1 is 1.12 bits per heavy atom. The summed E-state index contributed by atoms with van der Waals surface area (Å²) in [5, 5.41) is 9.03. The van der Waals surface area contributed by atoms with Crippen molar-refractivity contribution in [3.05, 3.63) is 53.8 Å². The third-order valence-electron chi connectivity index (χ3n) is 2.46. The standard InChI is InChI=1S/C13H10FNO2/c14-12-10(15)7-6-9(13(16)17)11(12)8-4-2-1-3-5-8/h1-7H,15H2,(H,16,17). The Morgan fingerprint density at radius 3 is 2.35 bits per heavy atom. The average molecular weight is 231 g/mol. The van der Waals surface area contributed by atoms with E-state index in [9.17, 15) is 9.18 Å². The number of carboxylic acids is 1. The van der Waals surface area contributed by atoms with Crippen LogP contribution in [0.25, 0.3) is 11.1 Å². The SMILES string of the molecule is Nc1ccc(C(=O)O)c(-c2ccccc2)c1F. The molecule has 0 saturated carbocycles. The molecular formula is C13H10FNO2. The summed E-state index contributed by atoms with van der Waals surface area (Å²) in [6.07, 6.45) is 0. The second-order valence-corrected chi connectivity index (χ2v) is 3.56. The molecule has 3 nitrogen and oxygen atoms in total. The lowest BCUT2D eigenvalue weighted by molar-refractivity contribution is 0.0697. The van der Waals surface area contributed by atoms with Crippen LogP contribution in [0.4, 0.5) is 10.1 Å². The molecule has 0 spiro atoms. The third kappa shape index (κ3) is 1.97. The zero-order valence-electron chi connectivity index (χ0n) is 8.85. The highest BCUT2D eigenvalue weighted by Gasteiger charge is 2.17. The maximum atomic E-state index is 13.9. The molecule has 0 unspecified atom stereocenters. The molecule has 0 atom stereocenters. The predicted octanol–water partition coefficient (Wildman–Crippen LogP) is 2.77. The molecule has 2 aromatic carbocycles. The molecule has 0 fully saturated rings. The summed E-state index contributed by atoms with van der Waals surface area (Å²) in [4.78, 5) is 11.1.